The summed E-state index contributed by atoms with van der Waals surface area (Å²) in [5, 5.41) is 8.70. The molecule has 0 unspecified atom stereocenters. The van der Waals surface area contributed by atoms with Crippen LogP contribution in [0, 0.1) is 6.57 Å². The van der Waals surface area contributed by atoms with Crippen molar-refractivity contribution in [3.8, 4) is 11.3 Å². The average Bonchev–Trinajstić information content (AvgIpc) is 2.78. The van der Waals surface area contributed by atoms with Crippen molar-refractivity contribution in [1.29, 1.82) is 0 Å². The zero-order chi connectivity index (χ0) is 11.5. The normalized spacial score (nSPS) is 9.69. The Labute approximate surface area is 91.6 Å². The quantitative estimate of drug-likeness (QED) is 0.779. The first-order valence-corrected chi connectivity index (χ1v) is 4.52. The molecular formula is C12H7NO3. The Bertz CT molecular complexity index is 578. The largest absolute Gasteiger partial charge is 0.475 e. The molecule has 4 heteroatoms. The average molecular weight is 213 g/mol. The standard InChI is InChI=1S/C12H7NO3/c1-13-9-4-2-3-8(7-9)10-5-6-11(16-10)12(14)15/h2-7H,(H,14,15). The number of carbonyl (C=O) groups is 1. The molecular weight excluding hydrogens is 206 g/mol. The fourth-order valence-electron chi connectivity index (χ4n) is 1.34. The van der Waals surface area contributed by atoms with E-state index in [0.29, 0.717) is 17.0 Å². The molecule has 0 spiro atoms. The fourth-order valence-corrected chi connectivity index (χ4v) is 1.34. The Morgan fingerprint density at radius 3 is 2.75 bits per heavy atom. The third kappa shape index (κ3) is 1.79. The minimum atomic E-state index is -1.10. The maximum Gasteiger partial charge on any atom is 0.371 e. The van der Waals surface area contributed by atoms with Crippen molar-refractivity contribution >= 4 is 11.7 Å². The molecule has 0 atom stereocenters. The lowest BCUT2D eigenvalue weighted by Crippen LogP contribution is -1.91. The number of rotatable bonds is 2. The molecule has 0 saturated heterocycles. The number of hydrogen-bond donors (Lipinski definition) is 1. The van der Waals surface area contributed by atoms with Gasteiger partial charge in [0.2, 0.25) is 5.76 Å². The Balaban J connectivity index is 2.43. The van der Waals surface area contributed by atoms with E-state index in [1.807, 2.05) is 0 Å². The fraction of sp³-hybridized carbons (Fsp3) is 0. The number of carboxylic acids is 1. The summed E-state index contributed by atoms with van der Waals surface area (Å²) in [6, 6.07) is 9.79. The van der Waals surface area contributed by atoms with Gasteiger partial charge in [-0.25, -0.2) is 9.64 Å². The first-order valence-electron chi connectivity index (χ1n) is 4.52. The van der Waals surface area contributed by atoms with Gasteiger partial charge < -0.3 is 9.52 Å². The van der Waals surface area contributed by atoms with Crippen LogP contribution in [0.1, 0.15) is 10.6 Å². The van der Waals surface area contributed by atoms with Crippen LogP contribution in [0.3, 0.4) is 0 Å². The zero-order valence-corrected chi connectivity index (χ0v) is 8.18. The SMILES string of the molecule is [C-]#[N+]c1cccc(-c2ccc(C(=O)O)o2)c1. The number of benzene rings is 1. The number of carboxylic acid groups (broad SMARTS) is 1. The molecule has 1 N–H and O–H groups in total. The molecule has 78 valence electrons. The van der Waals surface area contributed by atoms with E-state index < -0.39 is 5.97 Å². The van der Waals surface area contributed by atoms with Crippen LogP contribution in [-0.2, 0) is 0 Å². The van der Waals surface area contributed by atoms with Gasteiger partial charge in [-0.05, 0) is 18.2 Å². The van der Waals surface area contributed by atoms with E-state index in [9.17, 15) is 4.79 Å². The van der Waals surface area contributed by atoms with Crippen LogP contribution in [-0.4, -0.2) is 11.1 Å². The van der Waals surface area contributed by atoms with Crippen molar-refractivity contribution in [2.24, 2.45) is 0 Å². The van der Waals surface area contributed by atoms with Gasteiger partial charge in [0, 0.05) is 5.56 Å². The van der Waals surface area contributed by atoms with Crippen molar-refractivity contribution in [2.45, 2.75) is 0 Å². The third-order valence-corrected chi connectivity index (χ3v) is 2.08. The van der Waals surface area contributed by atoms with Crippen molar-refractivity contribution in [2.75, 3.05) is 0 Å². The van der Waals surface area contributed by atoms with Crippen LogP contribution in [0.25, 0.3) is 16.2 Å². The second kappa shape index (κ2) is 3.91. The summed E-state index contributed by atoms with van der Waals surface area (Å²) >= 11 is 0. The molecule has 0 saturated carbocycles. The predicted octanol–water partition coefficient (Wildman–Crippen LogP) is 3.20. The summed E-state index contributed by atoms with van der Waals surface area (Å²) in [5.41, 5.74) is 1.19. The molecule has 0 fully saturated rings. The van der Waals surface area contributed by atoms with E-state index in [1.54, 1.807) is 30.3 Å². The van der Waals surface area contributed by atoms with Gasteiger partial charge in [-0.2, -0.15) is 0 Å². The second-order valence-corrected chi connectivity index (χ2v) is 3.13. The summed E-state index contributed by atoms with van der Waals surface area (Å²) in [4.78, 5) is 13.9. The highest BCUT2D eigenvalue weighted by Gasteiger charge is 2.10. The highest BCUT2D eigenvalue weighted by Crippen LogP contribution is 2.25. The van der Waals surface area contributed by atoms with Gasteiger partial charge >= 0.3 is 5.97 Å². The molecule has 0 bridgehead atoms. The summed E-state index contributed by atoms with van der Waals surface area (Å²) < 4.78 is 5.13. The minimum absolute atomic E-state index is 0.108. The van der Waals surface area contributed by atoms with Gasteiger partial charge in [-0.3, -0.25) is 0 Å². The van der Waals surface area contributed by atoms with Gasteiger partial charge in [0.05, 0.1) is 6.57 Å². The van der Waals surface area contributed by atoms with E-state index in [2.05, 4.69) is 4.85 Å². The van der Waals surface area contributed by atoms with Crippen molar-refractivity contribution < 1.29 is 14.3 Å². The van der Waals surface area contributed by atoms with Crippen molar-refractivity contribution in [3.63, 3.8) is 0 Å². The van der Waals surface area contributed by atoms with E-state index in [1.165, 1.54) is 6.07 Å². The van der Waals surface area contributed by atoms with Crippen LogP contribution < -0.4 is 0 Å². The predicted molar refractivity (Wildman–Crippen MR) is 57.4 cm³/mol. The van der Waals surface area contributed by atoms with E-state index in [4.69, 9.17) is 16.1 Å². The Morgan fingerprint density at radius 2 is 2.12 bits per heavy atom. The summed E-state index contributed by atoms with van der Waals surface area (Å²) in [5.74, 6) is -0.765. The molecule has 2 rings (SSSR count). The Morgan fingerprint density at radius 1 is 1.31 bits per heavy atom. The van der Waals surface area contributed by atoms with Crippen LogP contribution in [0.4, 0.5) is 5.69 Å². The van der Waals surface area contributed by atoms with Gasteiger partial charge in [0.1, 0.15) is 5.76 Å². The van der Waals surface area contributed by atoms with Gasteiger partial charge in [-0.15, -0.1) is 0 Å². The monoisotopic (exact) mass is 213 g/mol. The van der Waals surface area contributed by atoms with Crippen molar-refractivity contribution in [1.82, 2.24) is 0 Å². The lowest BCUT2D eigenvalue weighted by atomic mass is 10.1. The number of nitrogens with zero attached hydrogens (tertiary/aromatic N) is 1. The van der Waals surface area contributed by atoms with Crippen LogP contribution in [0.15, 0.2) is 40.8 Å². The van der Waals surface area contributed by atoms with Crippen LogP contribution in [0.2, 0.25) is 0 Å². The third-order valence-electron chi connectivity index (χ3n) is 2.08. The summed E-state index contributed by atoms with van der Waals surface area (Å²) in [6.45, 7) is 6.88. The smallest absolute Gasteiger partial charge is 0.371 e. The van der Waals surface area contributed by atoms with Gasteiger partial charge in [0.15, 0.2) is 5.69 Å². The molecule has 1 aromatic heterocycles. The summed E-state index contributed by atoms with van der Waals surface area (Å²) in [6.07, 6.45) is 0. The Kier molecular flexibility index (Phi) is 2.44. The maximum atomic E-state index is 10.6. The second-order valence-electron chi connectivity index (χ2n) is 3.13. The van der Waals surface area contributed by atoms with Gasteiger partial charge in [-0.1, -0.05) is 18.2 Å². The maximum absolute atomic E-state index is 10.6. The Hall–Kier alpha value is -2.54. The molecule has 0 aliphatic heterocycles. The number of aromatic carboxylic acids is 1. The highest BCUT2D eigenvalue weighted by atomic mass is 16.4. The molecule has 1 heterocycles. The topological polar surface area (TPSA) is 54.8 Å². The number of hydrogen-bond acceptors (Lipinski definition) is 2. The molecule has 0 aliphatic rings. The lowest BCUT2D eigenvalue weighted by Gasteiger charge is -1.96. The molecule has 16 heavy (non-hydrogen) atoms. The lowest BCUT2D eigenvalue weighted by molar-refractivity contribution is 0.0663. The first kappa shape index (κ1) is 9.99. The first-order chi connectivity index (χ1) is 7.70. The van der Waals surface area contributed by atoms with Crippen molar-refractivity contribution in [3.05, 3.63) is 53.6 Å². The molecule has 0 radical (unpaired) electrons. The number of furan rings is 1. The van der Waals surface area contributed by atoms with Crippen LogP contribution >= 0.6 is 0 Å². The van der Waals surface area contributed by atoms with E-state index in [-0.39, 0.29) is 5.76 Å². The van der Waals surface area contributed by atoms with Crippen LogP contribution in [0.5, 0.6) is 0 Å². The zero-order valence-electron chi connectivity index (χ0n) is 8.18. The molecule has 2 aromatic rings. The molecule has 1 aromatic carbocycles. The van der Waals surface area contributed by atoms with E-state index >= 15 is 0 Å². The van der Waals surface area contributed by atoms with E-state index in [0.717, 1.165) is 0 Å². The molecule has 4 nitrogen and oxygen atoms in total. The molecule has 0 aliphatic carbocycles. The molecule has 0 amide bonds. The minimum Gasteiger partial charge on any atom is -0.475 e. The highest BCUT2D eigenvalue weighted by molar-refractivity contribution is 5.85. The summed E-state index contributed by atoms with van der Waals surface area (Å²) in [7, 11) is 0. The van der Waals surface area contributed by atoms with Gasteiger partial charge in [0.25, 0.3) is 0 Å².